The van der Waals surface area contributed by atoms with E-state index in [0.717, 1.165) is 17.8 Å². The van der Waals surface area contributed by atoms with Gasteiger partial charge >= 0.3 is 0 Å². The van der Waals surface area contributed by atoms with Gasteiger partial charge < -0.3 is 5.32 Å². The molecule has 0 atom stereocenters. The fourth-order valence-corrected chi connectivity index (χ4v) is 0.917. The average Bonchev–Trinajstić information content (AvgIpc) is 2.23. The third-order valence-electron chi connectivity index (χ3n) is 2.68. The first-order valence-corrected chi connectivity index (χ1v) is 5.39. The van der Waals surface area contributed by atoms with Crippen molar-refractivity contribution >= 4 is 0 Å². The quantitative estimate of drug-likeness (QED) is 0.642. The average molecular weight is 205 g/mol. The Morgan fingerprint density at radius 3 is 2.40 bits per heavy atom. The highest BCUT2D eigenvalue weighted by Crippen LogP contribution is 2.27. The molecule has 0 amide bonds. The van der Waals surface area contributed by atoms with Crippen LogP contribution in [0.2, 0.25) is 0 Å². The topological polar surface area (TPSA) is 12.0 Å². The Morgan fingerprint density at radius 2 is 2.00 bits per heavy atom. The Labute approximate surface area is 94.3 Å². The molecule has 0 saturated heterocycles. The molecule has 15 heavy (non-hydrogen) atoms. The predicted molar refractivity (Wildman–Crippen MR) is 69.4 cm³/mol. The lowest BCUT2D eigenvalue weighted by molar-refractivity contribution is 0.410. The fraction of sp³-hybridized carbons (Fsp3) is 0.429. The van der Waals surface area contributed by atoms with E-state index in [0.29, 0.717) is 0 Å². The summed E-state index contributed by atoms with van der Waals surface area (Å²) < 4.78 is 0. The molecule has 0 aromatic rings. The Balaban J connectivity index is 4.57. The summed E-state index contributed by atoms with van der Waals surface area (Å²) in [5.74, 6) is 0. The zero-order valence-corrected chi connectivity index (χ0v) is 10.4. The lowest BCUT2D eigenvalue weighted by atomic mass is 9.87. The van der Waals surface area contributed by atoms with Gasteiger partial charge in [0.15, 0.2) is 0 Å². The first-order chi connectivity index (χ1) is 6.97. The minimum absolute atomic E-state index is 0.109. The maximum absolute atomic E-state index is 4.07. The van der Waals surface area contributed by atoms with Gasteiger partial charge in [-0.15, -0.1) is 0 Å². The van der Waals surface area contributed by atoms with Gasteiger partial charge in [-0.05, 0) is 25.5 Å². The van der Waals surface area contributed by atoms with Crippen molar-refractivity contribution in [3.8, 4) is 0 Å². The number of allylic oxidation sites excluding steroid dienone is 5. The summed E-state index contributed by atoms with van der Waals surface area (Å²) in [5.41, 5.74) is 2.12. The summed E-state index contributed by atoms with van der Waals surface area (Å²) in [6.45, 7) is 16.3. The molecule has 0 aliphatic carbocycles. The molecular weight excluding hydrogens is 182 g/mol. The van der Waals surface area contributed by atoms with Crippen LogP contribution < -0.4 is 5.32 Å². The number of nitrogens with one attached hydrogen (secondary N) is 1. The van der Waals surface area contributed by atoms with Gasteiger partial charge in [0.05, 0.1) is 0 Å². The zero-order chi connectivity index (χ0) is 11.9. The number of hydrogen-bond donors (Lipinski definition) is 1. The van der Waals surface area contributed by atoms with Crippen LogP contribution >= 0.6 is 0 Å². The monoisotopic (exact) mass is 205 g/mol. The van der Waals surface area contributed by atoms with Crippen molar-refractivity contribution < 1.29 is 0 Å². The van der Waals surface area contributed by atoms with Crippen LogP contribution in [0.25, 0.3) is 0 Å². The van der Waals surface area contributed by atoms with Crippen molar-refractivity contribution in [1.82, 2.24) is 5.32 Å². The van der Waals surface area contributed by atoms with Crippen LogP contribution in [0.5, 0.6) is 0 Å². The van der Waals surface area contributed by atoms with Crippen LogP contribution in [0, 0.1) is 5.41 Å². The summed E-state index contributed by atoms with van der Waals surface area (Å²) in [5, 5.41) is 3.29. The van der Waals surface area contributed by atoms with Gasteiger partial charge in [-0.3, -0.25) is 0 Å². The van der Waals surface area contributed by atoms with Crippen molar-refractivity contribution in [1.29, 1.82) is 0 Å². The van der Waals surface area contributed by atoms with E-state index < -0.39 is 0 Å². The Bertz CT molecular complexity index is 280. The van der Waals surface area contributed by atoms with E-state index in [9.17, 15) is 0 Å². The predicted octanol–water partition coefficient (Wildman–Crippen LogP) is 4.17. The molecule has 0 spiro atoms. The largest absolute Gasteiger partial charge is 0.359 e. The molecule has 0 rings (SSSR count). The van der Waals surface area contributed by atoms with Gasteiger partial charge in [0.2, 0.25) is 0 Å². The van der Waals surface area contributed by atoms with E-state index in [1.165, 1.54) is 0 Å². The maximum Gasteiger partial charge on any atom is 0.0375 e. The van der Waals surface area contributed by atoms with Gasteiger partial charge in [0.25, 0.3) is 0 Å². The van der Waals surface area contributed by atoms with E-state index in [2.05, 4.69) is 39.2 Å². The Morgan fingerprint density at radius 1 is 1.40 bits per heavy atom. The zero-order valence-electron chi connectivity index (χ0n) is 10.4. The summed E-state index contributed by atoms with van der Waals surface area (Å²) >= 11 is 0. The van der Waals surface area contributed by atoms with E-state index in [-0.39, 0.29) is 5.41 Å². The maximum atomic E-state index is 4.07. The first kappa shape index (κ1) is 13.8. The molecule has 1 heteroatoms. The second-order valence-electron chi connectivity index (χ2n) is 4.19. The van der Waals surface area contributed by atoms with E-state index >= 15 is 0 Å². The van der Waals surface area contributed by atoms with Gasteiger partial charge in [-0.1, -0.05) is 46.1 Å². The molecule has 0 bridgehead atoms. The Hall–Kier alpha value is -1.24. The Kier molecular flexibility index (Phi) is 5.76. The van der Waals surface area contributed by atoms with Crippen LogP contribution in [0.1, 0.15) is 34.1 Å². The normalized spacial score (nSPS) is 12.9. The third-order valence-corrected chi connectivity index (χ3v) is 2.68. The van der Waals surface area contributed by atoms with Crippen LogP contribution in [0.4, 0.5) is 0 Å². The second kappa shape index (κ2) is 6.28. The van der Waals surface area contributed by atoms with Crippen molar-refractivity contribution in [3.63, 3.8) is 0 Å². The first-order valence-electron chi connectivity index (χ1n) is 5.39. The second-order valence-corrected chi connectivity index (χ2v) is 4.19. The molecule has 0 aliphatic rings. The van der Waals surface area contributed by atoms with Crippen molar-refractivity contribution in [2.45, 2.75) is 34.1 Å². The molecule has 1 N–H and O–H groups in total. The molecule has 84 valence electrons. The summed E-state index contributed by atoms with van der Waals surface area (Å²) in [4.78, 5) is 0. The number of rotatable bonds is 6. The van der Waals surface area contributed by atoms with E-state index in [4.69, 9.17) is 0 Å². The summed E-state index contributed by atoms with van der Waals surface area (Å²) in [6, 6.07) is 0. The SMILES string of the molecule is C=C/C(=C\C=C/C)NC(=C)C(C)(C)CC. The number of hydrogen-bond acceptors (Lipinski definition) is 1. The summed E-state index contributed by atoms with van der Waals surface area (Å²) in [7, 11) is 0. The van der Waals surface area contributed by atoms with Crippen molar-refractivity contribution in [3.05, 3.63) is 48.9 Å². The van der Waals surface area contributed by atoms with Crippen LogP contribution in [-0.2, 0) is 0 Å². The standard InChI is InChI=1S/C14H23N/c1-7-10-11-13(8-2)15-12(4)14(5,6)9-3/h7-8,10-11,15H,2,4,9H2,1,3,5-6H3/b10-7-,13-11+. The van der Waals surface area contributed by atoms with Crippen LogP contribution in [-0.4, -0.2) is 0 Å². The van der Waals surface area contributed by atoms with Crippen LogP contribution in [0.3, 0.4) is 0 Å². The van der Waals surface area contributed by atoms with Crippen molar-refractivity contribution in [2.75, 3.05) is 0 Å². The smallest absolute Gasteiger partial charge is 0.0375 e. The lowest BCUT2D eigenvalue weighted by Crippen LogP contribution is -2.24. The highest BCUT2D eigenvalue weighted by molar-refractivity contribution is 5.25. The molecule has 0 aromatic carbocycles. The third kappa shape index (κ3) is 4.68. The van der Waals surface area contributed by atoms with E-state index in [1.807, 2.05) is 25.2 Å². The minimum Gasteiger partial charge on any atom is -0.359 e. The molecule has 0 aromatic heterocycles. The fourth-order valence-electron chi connectivity index (χ4n) is 0.917. The lowest BCUT2D eigenvalue weighted by Gasteiger charge is -2.27. The van der Waals surface area contributed by atoms with Gasteiger partial charge in [-0.25, -0.2) is 0 Å². The van der Waals surface area contributed by atoms with Crippen LogP contribution in [0.15, 0.2) is 48.9 Å². The molecular formula is C14H23N. The summed E-state index contributed by atoms with van der Waals surface area (Å²) in [6.07, 6.45) is 8.82. The molecule has 0 heterocycles. The molecule has 0 fully saturated rings. The van der Waals surface area contributed by atoms with E-state index in [1.54, 1.807) is 6.08 Å². The highest BCUT2D eigenvalue weighted by atomic mass is 14.9. The highest BCUT2D eigenvalue weighted by Gasteiger charge is 2.19. The van der Waals surface area contributed by atoms with Gasteiger partial charge in [0.1, 0.15) is 0 Å². The molecule has 0 radical (unpaired) electrons. The van der Waals surface area contributed by atoms with Crippen molar-refractivity contribution in [2.24, 2.45) is 5.41 Å². The van der Waals surface area contributed by atoms with Gasteiger partial charge in [0, 0.05) is 16.8 Å². The molecule has 0 aliphatic heterocycles. The molecule has 1 nitrogen and oxygen atoms in total. The molecule has 0 saturated carbocycles. The van der Waals surface area contributed by atoms with Gasteiger partial charge in [-0.2, -0.15) is 0 Å². The minimum atomic E-state index is 0.109. The molecule has 0 unspecified atom stereocenters.